The summed E-state index contributed by atoms with van der Waals surface area (Å²) in [6, 6.07) is 0. The van der Waals surface area contributed by atoms with Gasteiger partial charge in [0.2, 0.25) is 0 Å². The summed E-state index contributed by atoms with van der Waals surface area (Å²) in [7, 11) is -6.00. The van der Waals surface area contributed by atoms with Crippen molar-refractivity contribution >= 4 is 7.25 Å². The van der Waals surface area contributed by atoms with Crippen molar-refractivity contribution in [3.8, 4) is 0 Å². The first-order valence-electron chi connectivity index (χ1n) is 0.873. The van der Waals surface area contributed by atoms with E-state index in [0.29, 0.717) is 0 Å². The van der Waals surface area contributed by atoms with E-state index in [4.69, 9.17) is 0 Å². The maximum absolute atomic E-state index is 9.75. The third-order valence-electron chi connectivity index (χ3n) is 0. The van der Waals surface area contributed by atoms with Crippen LogP contribution in [0.5, 0.6) is 0 Å². The molecule has 10 heteroatoms. The fourth-order valence-corrected chi connectivity index (χ4v) is 0. The second kappa shape index (κ2) is 16.1. The Morgan fingerprint density at radius 3 is 0.600 bits per heavy atom. The number of rotatable bonds is 0. The van der Waals surface area contributed by atoms with Crippen LogP contribution in [0, 0.1) is 0 Å². The molecule has 0 aromatic rings. The van der Waals surface area contributed by atoms with Crippen LogP contribution in [0.25, 0.3) is 0 Å². The smallest absolute Gasteiger partial charge is 0.418 e. The molecule has 8 N–H and O–H groups in total. The third-order valence-corrected chi connectivity index (χ3v) is 0. The molecule has 0 amide bonds. The van der Waals surface area contributed by atoms with Crippen molar-refractivity contribution in [2.24, 2.45) is 0 Å². The van der Waals surface area contributed by atoms with Gasteiger partial charge in [-0.05, 0) is 0 Å². The fourth-order valence-electron chi connectivity index (χ4n) is 0. The largest absolute Gasteiger partial charge is 1.00 e. The van der Waals surface area contributed by atoms with Crippen molar-refractivity contribution in [2.75, 3.05) is 0 Å². The van der Waals surface area contributed by atoms with Crippen LogP contribution >= 0.6 is 0 Å². The molecule has 0 fully saturated rings. The molecule has 0 aromatic carbocycles. The molecule has 0 aromatic heterocycles. The van der Waals surface area contributed by atoms with Crippen molar-refractivity contribution < 1.29 is 56.2 Å². The molecular weight excluding hydrogens is 214 g/mol. The summed E-state index contributed by atoms with van der Waals surface area (Å²) in [5, 5.41) is 0. The Bertz CT molecular complexity index is 32.7. The Morgan fingerprint density at radius 1 is 0.600 bits per heavy atom. The average molecular weight is 222 g/mol. The van der Waals surface area contributed by atoms with Gasteiger partial charge < -0.3 is 39.2 Å². The number of hydrogen-bond acceptors (Lipinski definition) is 0. The molecule has 0 aliphatic heterocycles. The molecule has 74 valence electrons. The van der Waals surface area contributed by atoms with Crippen molar-refractivity contribution in [1.82, 2.24) is 0 Å². The SMILES string of the molecule is F[B-](F)(F)F.O.O.O.O.[Cu+]. The Hall–Kier alpha value is 0.144. The van der Waals surface area contributed by atoms with Crippen molar-refractivity contribution in [3.05, 3.63) is 0 Å². The van der Waals surface area contributed by atoms with Crippen molar-refractivity contribution in [2.45, 2.75) is 0 Å². The van der Waals surface area contributed by atoms with Gasteiger partial charge in [-0.3, -0.25) is 0 Å². The molecule has 0 saturated heterocycles. The first-order valence-corrected chi connectivity index (χ1v) is 0.873. The summed E-state index contributed by atoms with van der Waals surface area (Å²) in [4.78, 5) is 0. The van der Waals surface area contributed by atoms with E-state index in [1.165, 1.54) is 0 Å². The van der Waals surface area contributed by atoms with Gasteiger partial charge in [0.25, 0.3) is 0 Å². The molecule has 10 heavy (non-hydrogen) atoms. The zero-order chi connectivity index (χ0) is 4.50. The van der Waals surface area contributed by atoms with Crippen LogP contribution < -0.4 is 0 Å². The van der Waals surface area contributed by atoms with Gasteiger partial charge in [0.05, 0.1) is 0 Å². The molecule has 0 spiro atoms. The molecule has 0 aliphatic rings. The van der Waals surface area contributed by atoms with E-state index >= 15 is 0 Å². The van der Waals surface area contributed by atoms with E-state index in [1.54, 1.807) is 0 Å². The maximum Gasteiger partial charge on any atom is 1.00 e. The predicted octanol–water partition coefficient (Wildman–Crippen LogP) is -2.00. The molecule has 0 rings (SSSR count). The van der Waals surface area contributed by atoms with Gasteiger partial charge in [0, 0.05) is 0 Å². The summed E-state index contributed by atoms with van der Waals surface area (Å²) >= 11 is 0. The molecular formula is H8BCuF4O4. The van der Waals surface area contributed by atoms with Crippen LogP contribution in [0.4, 0.5) is 17.3 Å². The van der Waals surface area contributed by atoms with Gasteiger partial charge >= 0.3 is 24.3 Å². The molecule has 0 radical (unpaired) electrons. The van der Waals surface area contributed by atoms with Gasteiger partial charge in [-0.25, -0.2) is 0 Å². The summed E-state index contributed by atoms with van der Waals surface area (Å²) in [5.74, 6) is 0. The zero-order valence-electron chi connectivity index (χ0n) is 4.39. The van der Waals surface area contributed by atoms with Crippen molar-refractivity contribution in [1.29, 1.82) is 0 Å². The Balaban J connectivity index is -0.00000000800. The summed E-state index contributed by atoms with van der Waals surface area (Å²) in [6.07, 6.45) is 0. The maximum atomic E-state index is 9.75. The van der Waals surface area contributed by atoms with Crippen LogP contribution in [-0.4, -0.2) is 29.2 Å². The number of hydrogen-bond donors (Lipinski definition) is 0. The van der Waals surface area contributed by atoms with Gasteiger partial charge in [0.15, 0.2) is 0 Å². The van der Waals surface area contributed by atoms with Crippen LogP contribution in [0.3, 0.4) is 0 Å². The van der Waals surface area contributed by atoms with E-state index in [9.17, 15) is 17.3 Å². The summed E-state index contributed by atoms with van der Waals surface area (Å²) in [6.45, 7) is 0. The first kappa shape index (κ1) is 49.4. The Labute approximate surface area is 64.4 Å². The Kier molecular flexibility index (Phi) is 79.3. The van der Waals surface area contributed by atoms with Crippen LogP contribution in [0.1, 0.15) is 0 Å². The minimum atomic E-state index is -6.00. The van der Waals surface area contributed by atoms with Gasteiger partial charge in [0.1, 0.15) is 0 Å². The van der Waals surface area contributed by atoms with Crippen molar-refractivity contribution in [3.63, 3.8) is 0 Å². The molecule has 0 heterocycles. The average Bonchev–Trinajstić information content (AvgIpc) is 0.722. The summed E-state index contributed by atoms with van der Waals surface area (Å²) < 4.78 is 39.0. The van der Waals surface area contributed by atoms with Gasteiger partial charge in [-0.15, -0.1) is 0 Å². The second-order valence-electron chi connectivity index (χ2n) is 0.495. The normalized spacial score (nSPS) is 6.00. The predicted molar refractivity (Wildman–Crippen MR) is 24.6 cm³/mol. The molecule has 0 aliphatic carbocycles. The quantitative estimate of drug-likeness (QED) is 0.332. The molecule has 0 saturated carbocycles. The van der Waals surface area contributed by atoms with Gasteiger partial charge in [-0.1, -0.05) is 0 Å². The van der Waals surface area contributed by atoms with E-state index in [2.05, 4.69) is 0 Å². The molecule has 0 bridgehead atoms. The topological polar surface area (TPSA) is 126 Å². The fraction of sp³-hybridized carbons (Fsp3) is 0. The van der Waals surface area contributed by atoms with E-state index in [-0.39, 0.29) is 39.0 Å². The molecule has 0 atom stereocenters. The first-order chi connectivity index (χ1) is 2.00. The summed E-state index contributed by atoms with van der Waals surface area (Å²) in [5.41, 5.74) is 0. The Morgan fingerprint density at radius 2 is 0.600 bits per heavy atom. The van der Waals surface area contributed by atoms with Crippen LogP contribution in [0.2, 0.25) is 0 Å². The molecule has 4 nitrogen and oxygen atoms in total. The van der Waals surface area contributed by atoms with E-state index < -0.39 is 7.25 Å². The standard InChI is InChI=1S/BF4.Cu.4H2O/c2-1(3,4)5;;;;;/h;;4*1H2/q-1;+1;;;;. The van der Waals surface area contributed by atoms with Crippen LogP contribution in [0.15, 0.2) is 0 Å². The minimum Gasteiger partial charge on any atom is -0.418 e. The van der Waals surface area contributed by atoms with Gasteiger partial charge in [-0.2, -0.15) is 0 Å². The molecule has 0 unspecified atom stereocenters. The van der Waals surface area contributed by atoms with Crippen LogP contribution in [-0.2, 0) is 17.1 Å². The third kappa shape index (κ3) is 19900. The van der Waals surface area contributed by atoms with E-state index in [0.717, 1.165) is 0 Å². The monoisotopic (exact) mass is 222 g/mol. The zero-order valence-corrected chi connectivity index (χ0v) is 5.33. The minimum absolute atomic E-state index is 0. The second-order valence-corrected chi connectivity index (χ2v) is 0.495. The number of halogens is 4. The van der Waals surface area contributed by atoms with E-state index in [1.807, 2.05) is 0 Å².